The van der Waals surface area contributed by atoms with Crippen molar-refractivity contribution in [2.24, 2.45) is 17.8 Å². The molecule has 1 atom stereocenters. The number of fused-ring (bicyclic) bond motifs is 1. The molecule has 2 amide bonds. The Morgan fingerprint density at radius 3 is 1.64 bits per heavy atom. The molecule has 0 spiro atoms. The van der Waals surface area contributed by atoms with Gasteiger partial charge in [0.2, 0.25) is 11.8 Å². The predicted molar refractivity (Wildman–Crippen MR) is 93.5 cm³/mol. The molecule has 3 rings (SSSR count). The van der Waals surface area contributed by atoms with Gasteiger partial charge >= 0.3 is 0 Å². The summed E-state index contributed by atoms with van der Waals surface area (Å²) in [5.41, 5.74) is 0. The average molecular weight is 312 g/mol. The fraction of sp³-hybridized carbons (Fsp3) is 0.895. The van der Waals surface area contributed by atoms with Crippen LogP contribution in [0.1, 0.15) is 92.4 Å². The summed E-state index contributed by atoms with van der Waals surface area (Å²) in [7, 11) is 0. The lowest BCUT2D eigenvalue weighted by Gasteiger charge is -2.15. The van der Waals surface area contributed by atoms with Crippen LogP contribution in [0.2, 0.25) is 0 Å². The first kappa shape index (κ1) is 21.1. The molecule has 1 saturated heterocycles. The smallest absolute Gasteiger partial charge is 0.229 e. The maximum atomic E-state index is 10.7. The number of hydrogen-bond donors (Lipinski definition) is 1. The van der Waals surface area contributed by atoms with Crippen LogP contribution in [0.4, 0.5) is 0 Å². The van der Waals surface area contributed by atoms with Crippen LogP contribution in [0.5, 0.6) is 0 Å². The number of nitrogens with one attached hydrogen (secondary N) is 1. The summed E-state index contributed by atoms with van der Waals surface area (Å²) in [5, 5.41) is 2.25. The van der Waals surface area contributed by atoms with Crippen LogP contribution in [0.25, 0.3) is 0 Å². The van der Waals surface area contributed by atoms with Gasteiger partial charge in [-0.25, -0.2) is 0 Å². The lowest BCUT2D eigenvalue weighted by atomic mass is 10.0. The third-order valence-electron chi connectivity index (χ3n) is 4.48. The molecule has 2 aliphatic carbocycles. The van der Waals surface area contributed by atoms with Gasteiger partial charge in [0.15, 0.2) is 0 Å². The van der Waals surface area contributed by atoms with Gasteiger partial charge in [-0.05, 0) is 18.3 Å². The molecule has 1 unspecified atom stereocenters. The summed E-state index contributed by atoms with van der Waals surface area (Å²) in [6, 6.07) is 0. The number of amides is 2. The monoisotopic (exact) mass is 311 g/mol. The van der Waals surface area contributed by atoms with Gasteiger partial charge in [-0.3, -0.25) is 14.9 Å². The van der Waals surface area contributed by atoms with Crippen LogP contribution < -0.4 is 5.32 Å². The lowest BCUT2D eigenvalue weighted by molar-refractivity contribution is -0.135. The van der Waals surface area contributed by atoms with E-state index in [-0.39, 0.29) is 17.7 Å². The Bertz CT molecular complexity index is 295. The molecule has 3 aliphatic rings. The second-order valence-electron chi connectivity index (χ2n) is 6.44. The topological polar surface area (TPSA) is 46.2 Å². The second-order valence-corrected chi connectivity index (χ2v) is 6.44. The number of carbonyl (C=O) groups excluding carboxylic acids is 2. The summed E-state index contributed by atoms with van der Waals surface area (Å²) in [6.45, 7) is 10.1. The van der Waals surface area contributed by atoms with E-state index < -0.39 is 0 Å². The molecule has 0 aromatic carbocycles. The molecular weight excluding hydrogens is 274 g/mol. The number of piperidine rings is 1. The Kier molecular flexibility index (Phi) is 12.2. The van der Waals surface area contributed by atoms with Crippen LogP contribution in [0, 0.1) is 17.8 Å². The Balaban J connectivity index is 0.000000313. The number of rotatable bonds is 0. The van der Waals surface area contributed by atoms with Crippen LogP contribution in [-0.2, 0) is 9.59 Å². The molecular formula is C19H37NO2. The molecule has 3 heteroatoms. The zero-order valence-electron chi connectivity index (χ0n) is 15.4. The minimum absolute atomic E-state index is 0.0164. The normalized spacial score (nSPS) is 28.9. The summed E-state index contributed by atoms with van der Waals surface area (Å²) in [4.78, 5) is 21.2. The van der Waals surface area contributed by atoms with Gasteiger partial charge in [-0.15, -0.1) is 0 Å². The molecule has 0 radical (unpaired) electrons. The van der Waals surface area contributed by atoms with Gasteiger partial charge in [0.25, 0.3) is 0 Å². The highest BCUT2D eigenvalue weighted by atomic mass is 16.2. The van der Waals surface area contributed by atoms with Crippen LogP contribution in [0.15, 0.2) is 0 Å². The van der Waals surface area contributed by atoms with Gasteiger partial charge < -0.3 is 0 Å². The van der Waals surface area contributed by atoms with Gasteiger partial charge in [0.1, 0.15) is 0 Å². The van der Waals surface area contributed by atoms with Gasteiger partial charge in [-0.1, -0.05) is 79.6 Å². The summed E-state index contributed by atoms with van der Waals surface area (Å²) < 4.78 is 0. The molecule has 2 saturated carbocycles. The Morgan fingerprint density at radius 2 is 1.32 bits per heavy atom. The number of hydrogen-bond acceptors (Lipinski definition) is 2. The van der Waals surface area contributed by atoms with Crippen molar-refractivity contribution < 1.29 is 9.59 Å². The quantitative estimate of drug-likeness (QED) is 0.633. The molecule has 1 N–H and O–H groups in total. The van der Waals surface area contributed by atoms with E-state index >= 15 is 0 Å². The SMILES string of the molecule is C1CC2CCCC2C1.CC.CC1CCC(=O)NC1=O.CCC. The van der Waals surface area contributed by atoms with Crippen LogP contribution in [-0.4, -0.2) is 11.8 Å². The Morgan fingerprint density at radius 1 is 0.909 bits per heavy atom. The molecule has 130 valence electrons. The summed E-state index contributed by atoms with van der Waals surface area (Å²) in [6.07, 6.45) is 11.8. The molecule has 1 aliphatic heterocycles. The van der Waals surface area contributed by atoms with Crippen molar-refractivity contribution in [3.05, 3.63) is 0 Å². The average Bonchev–Trinajstić information content (AvgIpc) is 3.11. The fourth-order valence-electron chi connectivity index (χ4n) is 3.32. The maximum Gasteiger partial charge on any atom is 0.229 e. The lowest BCUT2D eigenvalue weighted by Crippen LogP contribution is -2.39. The predicted octanol–water partition coefficient (Wildman–Crippen LogP) is 5.09. The summed E-state index contributed by atoms with van der Waals surface area (Å²) in [5.74, 6) is 2.09. The first-order chi connectivity index (χ1) is 10.6. The number of carbonyl (C=O) groups is 2. The van der Waals surface area contributed by atoms with Gasteiger partial charge in [0.05, 0.1) is 0 Å². The van der Waals surface area contributed by atoms with Crippen LogP contribution >= 0.6 is 0 Å². The van der Waals surface area contributed by atoms with E-state index in [0.29, 0.717) is 12.8 Å². The highest BCUT2D eigenvalue weighted by Gasteiger charge is 2.30. The molecule has 0 aromatic heterocycles. The van der Waals surface area contributed by atoms with Crippen molar-refractivity contribution in [2.75, 3.05) is 0 Å². The third-order valence-corrected chi connectivity index (χ3v) is 4.48. The minimum atomic E-state index is -0.141. The Hall–Kier alpha value is -0.860. The molecule has 0 aromatic rings. The number of imide groups is 1. The van der Waals surface area contributed by atoms with E-state index in [2.05, 4.69) is 19.2 Å². The minimum Gasteiger partial charge on any atom is -0.296 e. The molecule has 1 heterocycles. The highest BCUT2D eigenvalue weighted by molar-refractivity contribution is 5.98. The first-order valence-electron chi connectivity index (χ1n) is 9.42. The van der Waals surface area contributed by atoms with Gasteiger partial charge in [-0.2, -0.15) is 0 Å². The Labute approximate surface area is 137 Å². The second kappa shape index (κ2) is 12.7. The van der Waals surface area contributed by atoms with Crippen LogP contribution in [0.3, 0.4) is 0 Å². The van der Waals surface area contributed by atoms with Gasteiger partial charge in [0, 0.05) is 12.3 Å². The van der Waals surface area contributed by atoms with E-state index in [1.807, 2.05) is 20.8 Å². The molecule has 3 fully saturated rings. The van der Waals surface area contributed by atoms with E-state index in [9.17, 15) is 9.59 Å². The van der Waals surface area contributed by atoms with E-state index in [1.165, 1.54) is 31.1 Å². The zero-order chi connectivity index (χ0) is 17.0. The van der Waals surface area contributed by atoms with Crippen molar-refractivity contribution in [3.63, 3.8) is 0 Å². The van der Waals surface area contributed by atoms with Crippen molar-refractivity contribution in [3.8, 4) is 0 Å². The van der Waals surface area contributed by atoms with E-state index in [4.69, 9.17) is 0 Å². The molecule has 22 heavy (non-hydrogen) atoms. The third kappa shape index (κ3) is 7.95. The molecule has 0 bridgehead atoms. The fourth-order valence-corrected chi connectivity index (χ4v) is 3.32. The maximum absolute atomic E-state index is 10.7. The zero-order valence-corrected chi connectivity index (χ0v) is 15.4. The standard InChI is InChI=1S/C8H14.C6H9NO2.C3H8.C2H6/c1-3-7-5-2-6-8(7)4-1;1-4-2-3-5(8)7-6(4)9;1-3-2;1-2/h7-8H,1-6H2;4H,2-3H2,1H3,(H,7,8,9);3H2,1-2H3;1-2H3. The van der Waals surface area contributed by atoms with E-state index in [1.54, 1.807) is 25.7 Å². The van der Waals surface area contributed by atoms with Crippen molar-refractivity contribution in [1.82, 2.24) is 5.32 Å². The molecule has 3 nitrogen and oxygen atoms in total. The highest BCUT2D eigenvalue weighted by Crippen LogP contribution is 2.43. The largest absolute Gasteiger partial charge is 0.296 e. The first-order valence-corrected chi connectivity index (χ1v) is 9.42. The van der Waals surface area contributed by atoms with E-state index in [0.717, 1.165) is 0 Å². The summed E-state index contributed by atoms with van der Waals surface area (Å²) >= 11 is 0. The van der Waals surface area contributed by atoms with Crippen molar-refractivity contribution in [1.29, 1.82) is 0 Å². The van der Waals surface area contributed by atoms with Crippen molar-refractivity contribution >= 4 is 11.8 Å². The van der Waals surface area contributed by atoms with Crippen molar-refractivity contribution in [2.45, 2.75) is 92.4 Å².